The zero-order chi connectivity index (χ0) is 17.5. The van der Waals surface area contributed by atoms with Crippen molar-refractivity contribution in [2.45, 2.75) is 19.4 Å². The molecule has 7 heteroatoms. The summed E-state index contributed by atoms with van der Waals surface area (Å²) < 4.78 is 7.19. The monoisotopic (exact) mass is 342 g/mol. The maximum Gasteiger partial charge on any atom is 0.251 e. The van der Waals surface area contributed by atoms with Gasteiger partial charge in [-0.3, -0.25) is 14.3 Å². The van der Waals surface area contributed by atoms with Crippen LogP contribution in [0.1, 0.15) is 23.2 Å². The van der Waals surface area contributed by atoms with Crippen LogP contribution in [0.5, 0.6) is 0 Å². The van der Waals surface area contributed by atoms with Gasteiger partial charge in [-0.1, -0.05) is 18.2 Å². The van der Waals surface area contributed by atoms with Crippen molar-refractivity contribution < 1.29 is 14.3 Å². The Morgan fingerprint density at radius 2 is 1.96 bits per heavy atom. The Morgan fingerprint density at radius 3 is 2.72 bits per heavy atom. The smallest absolute Gasteiger partial charge is 0.251 e. The Bertz CT molecular complexity index is 708. The summed E-state index contributed by atoms with van der Waals surface area (Å²) in [6.07, 6.45) is 5.50. The molecule has 0 unspecified atom stereocenters. The van der Waals surface area contributed by atoms with E-state index in [0.29, 0.717) is 17.2 Å². The molecule has 1 saturated heterocycles. The number of nitrogens with one attached hydrogen (secondary N) is 2. The van der Waals surface area contributed by atoms with E-state index in [1.54, 1.807) is 30.5 Å². The van der Waals surface area contributed by atoms with Crippen LogP contribution in [0.15, 0.2) is 42.7 Å². The number of ether oxygens (including phenoxy) is 1. The number of carbonyl (C=O) groups is 2. The Labute approximate surface area is 146 Å². The fourth-order valence-corrected chi connectivity index (χ4v) is 2.78. The van der Waals surface area contributed by atoms with Crippen LogP contribution in [-0.2, 0) is 16.1 Å². The number of amides is 2. The quantitative estimate of drug-likeness (QED) is 0.836. The lowest BCUT2D eigenvalue weighted by atomic mass is 10.0. The van der Waals surface area contributed by atoms with Gasteiger partial charge in [0.25, 0.3) is 5.91 Å². The molecule has 3 rings (SSSR count). The maximum atomic E-state index is 12.0. The molecule has 2 amide bonds. The molecule has 0 radical (unpaired) electrons. The largest absolute Gasteiger partial charge is 0.381 e. The highest BCUT2D eigenvalue weighted by Gasteiger charge is 2.15. The third-order valence-corrected chi connectivity index (χ3v) is 4.15. The van der Waals surface area contributed by atoms with E-state index in [1.165, 1.54) is 0 Å². The Balaban J connectivity index is 1.44. The van der Waals surface area contributed by atoms with Crippen LogP contribution in [0.25, 0.3) is 0 Å². The maximum absolute atomic E-state index is 12.0. The SMILES string of the molecule is O=C(CNC(=O)c1ccccc1)Nc1cnn(CC2CCOCC2)c1. The predicted molar refractivity (Wildman–Crippen MR) is 93.2 cm³/mol. The average Bonchev–Trinajstić information content (AvgIpc) is 3.08. The number of aromatic nitrogens is 2. The van der Waals surface area contributed by atoms with Crippen LogP contribution in [0.3, 0.4) is 0 Å². The molecule has 1 aliphatic heterocycles. The van der Waals surface area contributed by atoms with Gasteiger partial charge in [0.05, 0.1) is 18.4 Å². The molecule has 1 aliphatic rings. The fourth-order valence-electron chi connectivity index (χ4n) is 2.78. The third kappa shape index (κ3) is 5.15. The lowest BCUT2D eigenvalue weighted by Crippen LogP contribution is -2.32. The number of hydrogen-bond acceptors (Lipinski definition) is 4. The summed E-state index contributed by atoms with van der Waals surface area (Å²) in [5.41, 5.74) is 1.16. The minimum Gasteiger partial charge on any atom is -0.381 e. The molecule has 0 spiro atoms. The van der Waals surface area contributed by atoms with Gasteiger partial charge in [0.15, 0.2) is 0 Å². The minimum atomic E-state index is -0.283. The van der Waals surface area contributed by atoms with E-state index in [-0.39, 0.29) is 18.4 Å². The molecule has 0 bridgehead atoms. The molecule has 0 aliphatic carbocycles. The van der Waals surface area contributed by atoms with Gasteiger partial charge < -0.3 is 15.4 Å². The topological polar surface area (TPSA) is 85.3 Å². The lowest BCUT2D eigenvalue weighted by Gasteiger charge is -2.21. The fraction of sp³-hybridized carbons (Fsp3) is 0.389. The first-order valence-electron chi connectivity index (χ1n) is 8.44. The summed E-state index contributed by atoms with van der Waals surface area (Å²) in [4.78, 5) is 23.9. The van der Waals surface area contributed by atoms with Crippen molar-refractivity contribution >= 4 is 17.5 Å². The number of rotatable bonds is 6. The second-order valence-electron chi connectivity index (χ2n) is 6.10. The summed E-state index contributed by atoms with van der Waals surface area (Å²) in [6.45, 7) is 2.34. The van der Waals surface area contributed by atoms with Gasteiger partial charge in [-0.05, 0) is 30.9 Å². The molecule has 2 N–H and O–H groups in total. The Hall–Kier alpha value is -2.67. The van der Waals surface area contributed by atoms with E-state index < -0.39 is 0 Å². The van der Waals surface area contributed by atoms with Gasteiger partial charge in [-0.15, -0.1) is 0 Å². The van der Waals surface area contributed by atoms with Crippen molar-refractivity contribution in [1.82, 2.24) is 15.1 Å². The first-order valence-corrected chi connectivity index (χ1v) is 8.44. The predicted octanol–water partition coefficient (Wildman–Crippen LogP) is 1.68. The molecule has 25 heavy (non-hydrogen) atoms. The van der Waals surface area contributed by atoms with Crippen LogP contribution < -0.4 is 10.6 Å². The van der Waals surface area contributed by atoms with Crippen molar-refractivity contribution in [3.63, 3.8) is 0 Å². The van der Waals surface area contributed by atoms with Gasteiger partial charge in [-0.2, -0.15) is 5.10 Å². The second-order valence-corrected chi connectivity index (χ2v) is 6.10. The zero-order valence-corrected chi connectivity index (χ0v) is 14.0. The van der Waals surface area contributed by atoms with Crippen LogP contribution in [0, 0.1) is 5.92 Å². The third-order valence-electron chi connectivity index (χ3n) is 4.15. The van der Waals surface area contributed by atoms with Crippen molar-refractivity contribution in [3.8, 4) is 0 Å². The standard InChI is InChI=1S/C18H22N4O3/c23-17(11-19-18(24)15-4-2-1-3-5-15)21-16-10-20-22(13-16)12-14-6-8-25-9-7-14/h1-5,10,13-14H,6-9,11-12H2,(H,19,24)(H,21,23). The van der Waals surface area contributed by atoms with Crippen molar-refractivity contribution in [2.24, 2.45) is 5.92 Å². The van der Waals surface area contributed by atoms with Gasteiger partial charge in [0, 0.05) is 31.5 Å². The average molecular weight is 342 g/mol. The van der Waals surface area contributed by atoms with Crippen LogP contribution >= 0.6 is 0 Å². The number of benzene rings is 1. The Kier molecular flexibility index (Phi) is 5.79. The summed E-state index contributed by atoms with van der Waals surface area (Å²) in [6, 6.07) is 8.80. The zero-order valence-electron chi connectivity index (χ0n) is 14.0. The normalized spacial score (nSPS) is 14.9. The molecular weight excluding hydrogens is 320 g/mol. The van der Waals surface area contributed by atoms with E-state index in [9.17, 15) is 9.59 Å². The summed E-state index contributed by atoms with van der Waals surface area (Å²) in [5, 5.41) is 9.62. The molecule has 0 atom stereocenters. The molecule has 1 aromatic carbocycles. The van der Waals surface area contributed by atoms with Gasteiger partial charge >= 0.3 is 0 Å². The van der Waals surface area contributed by atoms with E-state index in [4.69, 9.17) is 4.74 Å². The van der Waals surface area contributed by atoms with Gasteiger partial charge in [0.2, 0.25) is 5.91 Å². The van der Waals surface area contributed by atoms with Crippen LogP contribution in [0.4, 0.5) is 5.69 Å². The molecule has 2 aromatic rings. The molecule has 7 nitrogen and oxygen atoms in total. The van der Waals surface area contributed by atoms with E-state index in [2.05, 4.69) is 15.7 Å². The van der Waals surface area contributed by atoms with E-state index in [0.717, 1.165) is 32.6 Å². The highest BCUT2D eigenvalue weighted by Crippen LogP contribution is 2.17. The van der Waals surface area contributed by atoms with Crippen molar-refractivity contribution in [1.29, 1.82) is 0 Å². The van der Waals surface area contributed by atoms with E-state index in [1.807, 2.05) is 16.9 Å². The minimum absolute atomic E-state index is 0.0845. The number of nitrogens with zero attached hydrogens (tertiary/aromatic N) is 2. The summed E-state index contributed by atoms with van der Waals surface area (Å²) >= 11 is 0. The van der Waals surface area contributed by atoms with Crippen molar-refractivity contribution in [2.75, 3.05) is 25.1 Å². The molecule has 2 heterocycles. The van der Waals surface area contributed by atoms with Crippen LogP contribution in [0.2, 0.25) is 0 Å². The highest BCUT2D eigenvalue weighted by atomic mass is 16.5. The second kappa shape index (κ2) is 8.43. The number of anilines is 1. The molecular formula is C18H22N4O3. The highest BCUT2D eigenvalue weighted by molar-refractivity contribution is 5.99. The number of hydrogen-bond donors (Lipinski definition) is 2. The van der Waals surface area contributed by atoms with Gasteiger partial charge in [-0.25, -0.2) is 0 Å². The summed E-state index contributed by atoms with van der Waals surface area (Å²) in [7, 11) is 0. The summed E-state index contributed by atoms with van der Waals surface area (Å²) in [5.74, 6) is 0.00298. The van der Waals surface area contributed by atoms with E-state index >= 15 is 0 Å². The lowest BCUT2D eigenvalue weighted by molar-refractivity contribution is -0.115. The molecule has 1 aromatic heterocycles. The van der Waals surface area contributed by atoms with Crippen molar-refractivity contribution in [3.05, 3.63) is 48.3 Å². The first-order chi connectivity index (χ1) is 12.2. The Morgan fingerprint density at radius 1 is 1.20 bits per heavy atom. The molecule has 0 saturated carbocycles. The number of carbonyl (C=O) groups excluding carboxylic acids is 2. The first kappa shape index (κ1) is 17.2. The van der Waals surface area contributed by atoms with Crippen LogP contribution in [-0.4, -0.2) is 41.4 Å². The molecule has 132 valence electrons. The molecule has 1 fully saturated rings. The van der Waals surface area contributed by atoms with Gasteiger partial charge in [0.1, 0.15) is 0 Å².